The van der Waals surface area contributed by atoms with Gasteiger partial charge in [-0.05, 0) is 110 Å². The molecule has 1 aromatic heterocycles. The number of nitrogens with zero attached hydrogens (tertiary/aromatic N) is 2. The van der Waals surface area contributed by atoms with E-state index >= 15 is 0 Å². The van der Waals surface area contributed by atoms with E-state index in [-0.39, 0.29) is 0 Å². The second kappa shape index (κ2) is 16.7. The van der Waals surface area contributed by atoms with Gasteiger partial charge in [-0.3, -0.25) is 9.80 Å². The third kappa shape index (κ3) is 10.4. The van der Waals surface area contributed by atoms with Gasteiger partial charge < -0.3 is 25.5 Å². The van der Waals surface area contributed by atoms with E-state index in [2.05, 4.69) is 64.4 Å². The zero-order valence-corrected chi connectivity index (χ0v) is 26.6. The number of hydrogen-bond acceptors (Lipinski definition) is 8. The van der Waals surface area contributed by atoms with Crippen molar-refractivity contribution >= 4 is 45.3 Å². The number of carbonyl (C=O) groups is 4. The van der Waals surface area contributed by atoms with Gasteiger partial charge in [-0.2, -0.15) is 0 Å². The minimum Gasteiger partial charge on any atom is -0.508 e. The van der Waals surface area contributed by atoms with Gasteiger partial charge in [-0.1, -0.05) is 48.5 Å². The molecule has 0 spiro atoms. The Balaban J connectivity index is 0.000000358. The van der Waals surface area contributed by atoms with Crippen LogP contribution in [0.5, 0.6) is 5.75 Å². The summed E-state index contributed by atoms with van der Waals surface area (Å²) in [4.78, 5) is 42.8. The van der Waals surface area contributed by atoms with Crippen molar-refractivity contribution < 1.29 is 44.7 Å². The number of rotatable bonds is 7. The first-order valence-electron chi connectivity index (χ1n) is 15.3. The second-order valence-corrected chi connectivity index (χ2v) is 12.5. The number of aliphatic carboxylic acids is 4. The van der Waals surface area contributed by atoms with Gasteiger partial charge >= 0.3 is 23.9 Å². The van der Waals surface area contributed by atoms with Gasteiger partial charge in [-0.15, -0.1) is 11.3 Å². The Morgan fingerprint density at radius 1 is 0.596 bits per heavy atom. The third-order valence-corrected chi connectivity index (χ3v) is 9.22. The van der Waals surface area contributed by atoms with Crippen LogP contribution in [0.25, 0.3) is 20.5 Å². The van der Waals surface area contributed by atoms with E-state index in [0.717, 1.165) is 24.2 Å². The number of fused-ring (bicyclic) bond motifs is 1. The lowest BCUT2D eigenvalue weighted by molar-refractivity contribution is -0.159. The summed E-state index contributed by atoms with van der Waals surface area (Å²) >= 11 is 1.80. The Hall–Kier alpha value is -4.78. The maximum Gasteiger partial charge on any atom is 0.414 e. The number of carboxylic acid groups (broad SMARTS) is 4. The Morgan fingerprint density at radius 2 is 1.02 bits per heavy atom. The molecule has 5 N–H and O–H groups in total. The lowest BCUT2D eigenvalue weighted by Gasteiger charge is -2.15. The number of hydrogen-bond donors (Lipinski definition) is 5. The average Bonchev–Trinajstić information content (AvgIpc) is 3.82. The van der Waals surface area contributed by atoms with Crippen LogP contribution in [0.4, 0.5) is 0 Å². The molecule has 2 aliphatic rings. The van der Waals surface area contributed by atoms with Crippen LogP contribution in [0.1, 0.15) is 47.9 Å². The molecular formula is C35H38N2O9S. The molecule has 0 unspecified atom stereocenters. The lowest BCUT2D eigenvalue weighted by atomic mass is 9.97. The fourth-order valence-electron chi connectivity index (χ4n) is 5.67. The maximum absolute atomic E-state index is 10.1. The monoisotopic (exact) mass is 662 g/mol. The molecule has 4 aromatic rings. The van der Waals surface area contributed by atoms with Gasteiger partial charge in [0.25, 0.3) is 0 Å². The molecule has 0 atom stereocenters. The standard InChI is InChI=1S/C31H34N2OS.2C2H2O4/c34-27-13-14-28-29(19-23-5-7-24(8-6-23)21-32-15-1-2-16-32)31(35-30(28)20-27)26-11-9-25(10-12-26)22-33-17-3-4-18-33;2*3-1(4)2(5)6/h5-14,20,34H,1-4,15-19,21-22H2;2*(H,3,4)(H,5,6). The second-order valence-electron chi connectivity index (χ2n) is 11.5. The topological polar surface area (TPSA) is 176 Å². The Bertz CT molecular complexity index is 1640. The van der Waals surface area contributed by atoms with Crippen LogP contribution in [0.2, 0.25) is 0 Å². The first-order valence-corrected chi connectivity index (χ1v) is 16.1. The van der Waals surface area contributed by atoms with Gasteiger partial charge in [0.1, 0.15) is 5.75 Å². The lowest BCUT2D eigenvalue weighted by Crippen LogP contribution is -2.18. The fourth-order valence-corrected chi connectivity index (χ4v) is 6.93. The molecule has 11 nitrogen and oxygen atoms in total. The molecule has 2 fully saturated rings. The van der Waals surface area contributed by atoms with Gasteiger partial charge in [0.2, 0.25) is 0 Å². The molecule has 12 heteroatoms. The molecule has 0 radical (unpaired) electrons. The quantitative estimate of drug-likeness (QED) is 0.161. The van der Waals surface area contributed by atoms with Crippen molar-refractivity contribution in [1.29, 1.82) is 0 Å². The maximum atomic E-state index is 10.1. The minimum absolute atomic E-state index is 0.337. The summed E-state index contributed by atoms with van der Waals surface area (Å²) in [5.74, 6) is -6.96. The molecule has 3 heterocycles. The summed E-state index contributed by atoms with van der Waals surface area (Å²) in [5, 5.41) is 40.9. The molecule has 0 saturated carbocycles. The van der Waals surface area contributed by atoms with Crippen molar-refractivity contribution in [2.45, 2.75) is 45.2 Å². The zero-order chi connectivity index (χ0) is 33.9. The van der Waals surface area contributed by atoms with Crippen LogP contribution in [0.15, 0.2) is 66.7 Å². The van der Waals surface area contributed by atoms with Gasteiger partial charge in [0.15, 0.2) is 0 Å². The van der Waals surface area contributed by atoms with E-state index in [1.54, 1.807) is 11.3 Å². The van der Waals surface area contributed by atoms with Crippen molar-refractivity contribution in [3.8, 4) is 16.2 Å². The first kappa shape index (κ1) is 35.1. The molecule has 0 aliphatic carbocycles. The average molecular weight is 663 g/mol. The van der Waals surface area contributed by atoms with E-state index in [4.69, 9.17) is 39.6 Å². The van der Waals surface area contributed by atoms with Crippen molar-refractivity contribution in [2.75, 3.05) is 26.2 Å². The van der Waals surface area contributed by atoms with Crippen LogP contribution >= 0.6 is 11.3 Å². The highest BCUT2D eigenvalue weighted by molar-refractivity contribution is 7.22. The number of aromatic hydroxyl groups is 1. The largest absolute Gasteiger partial charge is 0.508 e. The van der Waals surface area contributed by atoms with Crippen LogP contribution in [0.3, 0.4) is 0 Å². The summed E-state index contributed by atoms with van der Waals surface area (Å²) < 4.78 is 1.15. The van der Waals surface area contributed by atoms with Crippen molar-refractivity contribution in [3.05, 3.63) is 89.0 Å². The van der Waals surface area contributed by atoms with E-state index < -0.39 is 23.9 Å². The zero-order valence-electron chi connectivity index (χ0n) is 25.8. The summed E-state index contributed by atoms with van der Waals surface area (Å²) in [5.41, 5.74) is 6.78. The highest BCUT2D eigenvalue weighted by atomic mass is 32.1. The minimum atomic E-state index is -1.82. The van der Waals surface area contributed by atoms with Crippen LogP contribution in [-0.2, 0) is 38.7 Å². The van der Waals surface area contributed by atoms with Crippen molar-refractivity contribution in [2.24, 2.45) is 0 Å². The van der Waals surface area contributed by atoms with Gasteiger partial charge in [0, 0.05) is 22.7 Å². The van der Waals surface area contributed by atoms with E-state index in [1.165, 1.54) is 89.9 Å². The molecule has 0 amide bonds. The number of phenols is 1. The molecular weight excluding hydrogens is 624 g/mol. The summed E-state index contributed by atoms with van der Waals surface area (Å²) in [7, 11) is 0. The number of thiophene rings is 1. The summed E-state index contributed by atoms with van der Waals surface area (Å²) in [6.45, 7) is 7.03. The molecule has 47 heavy (non-hydrogen) atoms. The number of phenolic OH excluding ortho intramolecular Hbond substituents is 1. The normalized spacial score (nSPS) is 14.6. The SMILES string of the molecule is O=C(O)C(=O)O.O=C(O)C(=O)O.Oc1ccc2c(Cc3ccc(CN4CCCC4)cc3)c(-c3ccc(CN4CCCC4)cc3)sc2c1. The molecule has 0 bridgehead atoms. The third-order valence-electron chi connectivity index (χ3n) is 7.97. The smallest absolute Gasteiger partial charge is 0.414 e. The number of carboxylic acids is 4. The first-order chi connectivity index (χ1) is 22.5. The highest BCUT2D eigenvalue weighted by Gasteiger charge is 2.17. The highest BCUT2D eigenvalue weighted by Crippen LogP contribution is 2.41. The molecule has 248 valence electrons. The Morgan fingerprint density at radius 3 is 1.47 bits per heavy atom. The predicted molar refractivity (Wildman–Crippen MR) is 178 cm³/mol. The van der Waals surface area contributed by atoms with Crippen LogP contribution < -0.4 is 0 Å². The summed E-state index contributed by atoms with van der Waals surface area (Å²) in [6, 6.07) is 24.2. The number of benzene rings is 3. The van der Waals surface area contributed by atoms with Crippen molar-refractivity contribution in [3.63, 3.8) is 0 Å². The number of likely N-dealkylation sites (tertiary alicyclic amines) is 2. The van der Waals surface area contributed by atoms with Crippen LogP contribution in [-0.4, -0.2) is 85.4 Å². The van der Waals surface area contributed by atoms with Crippen LogP contribution in [0, 0.1) is 0 Å². The molecule has 2 saturated heterocycles. The fraction of sp³-hybridized carbons (Fsp3) is 0.314. The van der Waals surface area contributed by atoms with Gasteiger partial charge in [-0.25, -0.2) is 19.2 Å². The predicted octanol–water partition coefficient (Wildman–Crippen LogP) is 5.37. The molecule has 6 rings (SSSR count). The van der Waals surface area contributed by atoms with Crippen molar-refractivity contribution in [1.82, 2.24) is 9.80 Å². The van der Waals surface area contributed by atoms with E-state index in [9.17, 15) is 5.11 Å². The molecule has 2 aliphatic heterocycles. The van der Waals surface area contributed by atoms with E-state index in [1.807, 2.05) is 12.1 Å². The molecule has 3 aromatic carbocycles. The van der Waals surface area contributed by atoms with E-state index in [0.29, 0.717) is 5.75 Å². The summed E-state index contributed by atoms with van der Waals surface area (Å²) in [6.07, 6.45) is 6.23. The Kier molecular flexibility index (Phi) is 12.5. The Labute approximate surface area is 275 Å². The van der Waals surface area contributed by atoms with Gasteiger partial charge in [0.05, 0.1) is 0 Å².